The van der Waals surface area contributed by atoms with Gasteiger partial charge in [-0.05, 0) is 21.6 Å². The largest absolute Gasteiger partial charge is 0.390 e. The van der Waals surface area contributed by atoms with Crippen molar-refractivity contribution in [3.8, 4) is 0 Å². The molecule has 2 amide bonds. The Labute approximate surface area is 180 Å². The highest BCUT2D eigenvalue weighted by Crippen LogP contribution is 2.41. The second kappa shape index (κ2) is 8.76. The molecule has 0 aliphatic carbocycles. The number of hydrogen-bond donors (Lipinski definition) is 3. The summed E-state index contributed by atoms with van der Waals surface area (Å²) < 4.78 is 1.56. The Balaban J connectivity index is 1.42. The van der Waals surface area contributed by atoms with E-state index in [0.717, 1.165) is 5.57 Å². The third kappa shape index (κ3) is 3.83. The Bertz CT molecular complexity index is 982. The second-order valence-electron chi connectivity index (χ2n) is 6.79. The van der Waals surface area contributed by atoms with Gasteiger partial charge in [-0.25, -0.2) is 4.68 Å². The molecule has 0 saturated carbocycles. The number of hydrogen-bond acceptors (Lipinski definition) is 9. The number of nitrogens with one attached hydrogen (secondary N) is 1. The van der Waals surface area contributed by atoms with Gasteiger partial charge in [0.2, 0.25) is 5.16 Å². The van der Waals surface area contributed by atoms with E-state index in [1.54, 1.807) is 42.1 Å². The van der Waals surface area contributed by atoms with Crippen LogP contribution in [-0.2, 0) is 16.6 Å². The van der Waals surface area contributed by atoms with Crippen LogP contribution in [0.2, 0.25) is 0 Å². The maximum absolute atomic E-state index is 12.7. The molecule has 10 nitrogen and oxygen atoms in total. The van der Waals surface area contributed by atoms with Gasteiger partial charge in [0.1, 0.15) is 11.4 Å². The van der Waals surface area contributed by atoms with Crippen LogP contribution in [0.1, 0.15) is 11.7 Å². The van der Waals surface area contributed by atoms with Crippen LogP contribution in [0.5, 0.6) is 0 Å². The first-order chi connectivity index (χ1) is 14.5. The number of rotatable bonds is 7. The van der Waals surface area contributed by atoms with Crippen molar-refractivity contribution in [1.82, 2.24) is 30.4 Å². The van der Waals surface area contributed by atoms with Crippen molar-refractivity contribution in [3.05, 3.63) is 47.2 Å². The highest BCUT2D eigenvalue weighted by atomic mass is 32.2. The van der Waals surface area contributed by atoms with Crippen molar-refractivity contribution >= 4 is 35.3 Å². The van der Waals surface area contributed by atoms with Crippen molar-refractivity contribution in [2.75, 3.05) is 18.1 Å². The van der Waals surface area contributed by atoms with E-state index >= 15 is 0 Å². The standard InChI is InChI=1S/C18H20N6O4S2/c1-23-18(20-21-22-23)30-9-11-8-29-17-13(16(28)24(17)12(11)7-25)19-15(27)14(26)10-5-3-2-4-6-10/h2-6,13-14,17,25-26H,7-9H2,1H3,(H,19,27). The molecule has 1 fully saturated rings. The van der Waals surface area contributed by atoms with Crippen LogP contribution in [0.4, 0.5) is 0 Å². The summed E-state index contributed by atoms with van der Waals surface area (Å²) in [4.78, 5) is 26.7. The van der Waals surface area contributed by atoms with E-state index in [0.29, 0.717) is 27.9 Å². The summed E-state index contributed by atoms with van der Waals surface area (Å²) in [5, 5.41) is 34.4. The lowest BCUT2D eigenvalue weighted by atomic mass is 10.0. The van der Waals surface area contributed by atoms with Crippen LogP contribution in [0, 0.1) is 0 Å². The Kier molecular flexibility index (Phi) is 6.09. The Hall–Kier alpha value is -2.41. The van der Waals surface area contributed by atoms with Gasteiger partial charge >= 0.3 is 0 Å². The van der Waals surface area contributed by atoms with Crippen LogP contribution in [0.15, 0.2) is 46.8 Å². The number of aromatic nitrogens is 4. The van der Waals surface area contributed by atoms with Gasteiger partial charge in [0.05, 0.1) is 6.61 Å². The summed E-state index contributed by atoms with van der Waals surface area (Å²) >= 11 is 2.94. The number of carbonyl (C=O) groups excluding carboxylic acids is 2. The summed E-state index contributed by atoms with van der Waals surface area (Å²) in [6.07, 6.45) is -1.35. The normalized spacial score (nSPS) is 21.8. The molecular formula is C18H20N6O4S2. The molecule has 1 aromatic heterocycles. The van der Waals surface area contributed by atoms with Gasteiger partial charge in [-0.3, -0.25) is 14.5 Å². The summed E-state index contributed by atoms with van der Waals surface area (Å²) in [7, 11) is 1.74. The number of carbonyl (C=O) groups is 2. The number of fused-ring (bicyclic) bond motifs is 1. The van der Waals surface area contributed by atoms with E-state index in [4.69, 9.17) is 0 Å². The van der Waals surface area contributed by atoms with Crippen molar-refractivity contribution in [2.45, 2.75) is 22.7 Å². The molecule has 1 aromatic carbocycles. The summed E-state index contributed by atoms with van der Waals surface area (Å²) in [6, 6.07) is 7.82. The van der Waals surface area contributed by atoms with Crippen LogP contribution >= 0.6 is 23.5 Å². The molecule has 2 aliphatic heterocycles. The van der Waals surface area contributed by atoms with Gasteiger partial charge in [-0.1, -0.05) is 42.1 Å². The van der Waals surface area contributed by atoms with Gasteiger partial charge in [-0.2, -0.15) is 0 Å². The molecule has 0 radical (unpaired) electrons. The molecular weight excluding hydrogens is 428 g/mol. The van der Waals surface area contributed by atoms with E-state index in [2.05, 4.69) is 20.8 Å². The van der Waals surface area contributed by atoms with Gasteiger partial charge in [-0.15, -0.1) is 16.9 Å². The molecule has 30 heavy (non-hydrogen) atoms. The van der Waals surface area contributed by atoms with E-state index in [9.17, 15) is 19.8 Å². The molecule has 158 valence electrons. The quantitative estimate of drug-likeness (QED) is 0.385. The molecule has 3 atom stereocenters. The molecule has 1 saturated heterocycles. The van der Waals surface area contributed by atoms with Gasteiger partial charge in [0.25, 0.3) is 11.8 Å². The Morgan fingerprint density at radius 2 is 2.17 bits per heavy atom. The van der Waals surface area contributed by atoms with Crippen LogP contribution in [0.3, 0.4) is 0 Å². The van der Waals surface area contributed by atoms with Gasteiger partial charge < -0.3 is 15.5 Å². The number of β-lactam (4-membered cyclic amide) rings is 1. The van der Waals surface area contributed by atoms with Crippen LogP contribution < -0.4 is 5.32 Å². The first-order valence-corrected chi connectivity index (χ1v) is 11.2. The topological polar surface area (TPSA) is 133 Å². The minimum atomic E-state index is -1.35. The SMILES string of the molecule is Cn1nnnc1SCC1=C(CO)N2C(=O)C(NC(=O)C(O)c3ccccc3)C2SC1. The fourth-order valence-corrected chi connectivity index (χ4v) is 5.74. The number of amides is 2. The molecule has 12 heteroatoms. The lowest BCUT2D eigenvalue weighted by Gasteiger charge is -2.50. The zero-order valence-corrected chi connectivity index (χ0v) is 17.6. The van der Waals surface area contributed by atoms with Gasteiger partial charge in [0.15, 0.2) is 6.10 Å². The fraction of sp³-hybridized carbons (Fsp3) is 0.389. The minimum Gasteiger partial charge on any atom is -0.390 e. The first kappa shape index (κ1) is 20.8. The van der Waals surface area contributed by atoms with Crippen LogP contribution in [0.25, 0.3) is 0 Å². The molecule has 0 spiro atoms. The van der Waals surface area contributed by atoms with E-state index in [1.807, 2.05) is 0 Å². The minimum absolute atomic E-state index is 0.275. The number of aliphatic hydroxyl groups is 2. The highest BCUT2D eigenvalue weighted by molar-refractivity contribution is 8.01. The molecule has 3 heterocycles. The van der Waals surface area contributed by atoms with Gasteiger partial charge in [0, 0.05) is 24.3 Å². The van der Waals surface area contributed by atoms with Crippen LogP contribution in [-0.4, -0.2) is 76.7 Å². The molecule has 2 aliphatic rings. The summed E-state index contributed by atoms with van der Waals surface area (Å²) in [5.74, 6) is 0.228. The number of aliphatic hydroxyl groups excluding tert-OH is 2. The van der Waals surface area contributed by atoms with Crippen molar-refractivity contribution in [2.24, 2.45) is 7.05 Å². The highest BCUT2D eigenvalue weighted by Gasteiger charge is 2.52. The average molecular weight is 449 g/mol. The number of tetrazole rings is 1. The van der Waals surface area contributed by atoms with Crippen molar-refractivity contribution in [3.63, 3.8) is 0 Å². The molecule has 3 unspecified atom stereocenters. The smallest absolute Gasteiger partial charge is 0.254 e. The number of thioether (sulfide) groups is 2. The monoisotopic (exact) mass is 448 g/mol. The zero-order valence-electron chi connectivity index (χ0n) is 16.0. The predicted molar refractivity (Wildman–Crippen MR) is 110 cm³/mol. The lowest BCUT2D eigenvalue weighted by molar-refractivity contribution is -0.148. The van der Waals surface area contributed by atoms with E-state index in [-0.39, 0.29) is 17.9 Å². The van der Waals surface area contributed by atoms with E-state index < -0.39 is 18.1 Å². The molecule has 4 rings (SSSR count). The molecule has 0 bridgehead atoms. The number of benzene rings is 1. The zero-order chi connectivity index (χ0) is 21.3. The Morgan fingerprint density at radius 1 is 1.40 bits per heavy atom. The summed E-state index contributed by atoms with van der Waals surface area (Å²) in [5.41, 5.74) is 1.94. The number of nitrogens with zero attached hydrogens (tertiary/aromatic N) is 5. The average Bonchev–Trinajstić information content (AvgIpc) is 3.19. The Morgan fingerprint density at radius 3 is 2.83 bits per heavy atom. The molecule has 2 aromatic rings. The third-order valence-electron chi connectivity index (χ3n) is 4.94. The van der Waals surface area contributed by atoms with E-state index in [1.165, 1.54) is 28.4 Å². The maximum atomic E-state index is 12.7. The predicted octanol–water partition coefficient (Wildman–Crippen LogP) is -0.318. The second-order valence-corrected chi connectivity index (χ2v) is 8.84. The van der Waals surface area contributed by atoms with Crippen molar-refractivity contribution in [1.29, 1.82) is 0 Å². The third-order valence-corrected chi connectivity index (χ3v) is 7.37. The molecule has 3 N–H and O–H groups in total. The fourth-order valence-electron chi connectivity index (χ4n) is 3.32. The van der Waals surface area contributed by atoms with Crippen molar-refractivity contribution < 1.29 is 19.8 Å². The summed E-state index contributed by atoms with van der Waals surface area (Å²) in [6.45, 7) is -0.275. The number of aryl methyl sites for hydroxylation is 1. The maximum Gasteiger partial charge on any atom is 0.254 e. The lowest BCUT2D eigenvalue weighted by Crippen LogP contribution is -2.70. The first-order valence-electron chi connectivity index (χ1n) is 9.16.